The second-order valence-corrected chi connectivity index (χ2v) is 7.27. The number of hydrogen-bond acceptors (Lipinski definition) is 4. The number of aromatic nitrogens is 2. The molecule has 0 amide bonds. The van der Waals surface area contributed by atoms with E-state index in [-0.39, 0.29) is 0 Å². The van der Waals surface area contributed by atoms with Gasteiger partial charge in [-0.1, -0.05) is 28.1 Å². The highest BCUT2D eigenvalue weighted by molar-refractivity contribution is 9.10. The molecule has 0 spiro atoms. The zero-order chi connectivity index (χ0) is 17.7. The van der Waals surface area contributed by atoms with E-state index in [1.807, 2.05) is 36.7 Å². The Hall–Kier alpha value is -2.92. The van der Waals surface area contributed by atoms with E-state index in [4.69, 9.17) is 5.73 Å². The van der Waals surface area contributed by atoms with Gasteiger partial charge in [-0.15, -0.1) is 0 Å². The van der Waals surface area contributed by atoms with Crippen LogP contribution in [0.15, 0.2) is 65.5 Å². The lowest BCUT2D eigenvalue weighted by Gasteiger charge is -2.25. The predicted octanol–water partition coefficient (Wildman–Crippen LogP) is 5.23. The van der Waals surface area contributed by atoms with Gasteiger partial charge in [-0.05, 0) is 35.9 Å². The van der Waals surface area contributed by atoms with Gasteiger partial charge >= 0.3 is 0 Å². The van der Waals surface area contributed by atoms with Gasteiger partial charge in [0, 0.05) is 62.8 Å². The molecule has 0 saturated carbocycles. The molecule has 3 N–H and O–H groups in total. The molecule has 2 aromatic heterocycles. The van der Waals surface area contributed by atoms with Gasteiger partial charge < -0.3 is 11.1 Å². The Labute approximate surface area is 159 Å². The van der Waals surface area contributed by atoms with Crippen molar-refractivity contribution in [2.24, 2.45) is 0 Å². The number of benzene rings is 2. The molecule has 0 radical (unpaired) electrons. The fourth-order valence-electron chi connectivity index (χ4n) is 3.68. The van der Waals surface area contributed by atoms with Crippen LogP contribution in [0, 0.1) is 0 Å². The van der Waals surface area contributed by atoms with E-state index in [1.165, 1.54) is 11.1 Å². The van der Waals surface area contributed by atoms with E-state index in [1.54, 1.807) is 6.20 Å². The Balaban J connectivity index is 1.78. The topological polar surface area (TPSA) is 63.8 Å². The molecule has 0 saturated heterocycles. The summed E-state index contributed by atoms with van der Waals surface area (Å²) < 4.78 is 1.04. The van der Waals surface area contributed by atoms with E-state index in [9.17, 15) is 0 Å². The van der Waals surface area contributed by atoms with Gasteiger partial charge in [0.25, 0.3) is 0 Å². The van der Waals surface area contributed by atoms with Gasteiger partial charge in [0.2, 0.25) is 0 Å². The molecule has 2 aromatic carbocycles. The largest absolute Gasteiger partial charge is 0.398 e. The van der Waals surface area contributed by atoms with E-state index < -0.39 is 0 Å². The summed E-state index contributed by atoms with van der Waals surface area (Å²) in [6.07, 6.45) is 5.52. The maximum atomic E-state index is 6.33. The van der Waals surface area contributed by atoms with Gasteiger partial charge in [-0.3, -0.25) is 9.97 Å². The van der Waals surface area contributed by atoms with Crippen molar-refractivity contribution >= 4 is 38.1 Å². The summed E-state index contributed by atoms with van der Waals surface area (Å²) in [6, 6.07) is 14.3. The summed E-state index contributed by atoms with van der Waals surface area (Å²) in [5, 5.41) is 5.64. The molecule has 1 aliphatic heterocycles. The number of nitrogen functional groups attached to an aromatic ring is 1. The Morgan fingerprint density at radius 3 is 2.81 bits per heavy atom. The lowest BCUT2D eigenvalue weighted by molar-refractivity contribution is 1.10. The quantitative estimate of drug-likeness (QED) is 0.427. The summed E-state index contributed by atoms with van der Waals surface area (Å²) in [4.78, 5) is 8.94. The second kappa shape index (κ2) is 5.81. The first-order chi connectivity index (χ1) is 12.7. The molecular weight excluding hydrogens is 388 g/mol. The Kier molecular flexibility index (Phi) is 3.43. The lowest BCUT2D eigenvalue weighted by atomic mass is 9.90. The number of rotatable bonds is 1. The summed E-state index contributed by atoms with van der Waals surface area (Å²) in [7, 11) is 0. The normalized spacial score (nSPS) is 12.3. The minimum absolute atomic E-state index is 0.714. The van der Waals surface area contributed by atoms with Gasteiger partial charge in [-0.2, -0.15) is 0 Å². The summed E-state index contributed by atoms with van der Waals surface area (Å²) >= 11 is 3.55. The number of nitrogens with zero attached hydrogens (tertiary/aromatic N) is 2. The van der Waals surface area contributed by atoms with Crippen LogP contribution in [0.5, 0.6) is 0 Å². The Morgan fingerprint density at radius 2 is 1.92 bits per heavy atom. The summed E-state index contributed by atoms with van der Waals surface area (Å²) in [6.45, 7) is 0.714. The van der Waals surface area contributed by atoms with Crippen molar-refractivity contribution in [3.05, 3.63) is 71.1 Å². The molecule has 126 valence electrons. The average molecular weight is 403 g/mol. The zero-order valence-corrected chi connectivity index (χ0v) is 15.4. The van der Waals surface area contributed by atoms with E-state index in [2.05, 4.69) is 49.4 Å². The molecule has 4 aromatic rings. The van der Waals surface area contributed by atoms with Crippen LogP contribution in [-0.4, -0.2) is 9.97 Å². The van der Waals surface area contributed by atoms with Crippen LogP contribution < -0.4 is 11.1 Å². The monoisotopic (exact) mass is 402 g/mol. The summed E-state index contributed by atoms with van der Waals surface area (Å²) in [5.41, 5.74) is 13.7. The molecular formula is C21H15BrN4. The molecule has 0 aliphatic carbocycles. The minimum atomic E-state index is 0.714. The maximum absolute atomic E-state index is 6.33. The molecule has 1 aliphatic rings. The van der Waals surface area contributed by atoms with E-state index in [0.717, 1.165) is 43.4 Å². The average Bonchev–Trinajstić information content (AvgIpc) is 2.68. The first-order valence-electron chi connectivity index (χ1n) is 8.36. The van der Waals surface area contributed by atoms with E-state index in [0.29, 0.717) is 6.54 Å². The van der Waals surface area contributed by atoms with Crippen molar-refractivity contribution < 1.29 is 0 Å². The standard InChI is InChI=1S/C21H15BrN4/c22-13-3-1-2-12(8-13)20-18-11-26-21-16(14(18)5-7-25-20)9-19(23)15-4-6-24-10-17(15)21/h1-10,26H,11,23H2. The van der Waals surface area contributed by atoms with Crippen LogP contribution in [0.1, 0.15) is 5.56 Å². The van der Waals surface area contributed by atoms with Gasteiger partial charge in [0.15, 0.2) is 0 Å². The Morgan fingerprint density at radius 1 is 1.00 bits per heavy atom. The molecule has 0 unspecified atom stereocenters. The predicted molar refractivity (Wildman–Crippen MR) is 110 cm³/mol. The highest BCUT2D eigenvalue weighted by Crippen LogP contribution is 2.44. The number of pyridine rings is 2. The van der Waals surface area contributed by atoms with Crippen molar-refractivity contribution in [3.8, 4) is 22.4 Å². The van der Waals surface area contributed by atoms with Gasteiger partial charge in [0.05, 0.1) is 11.4 Å². The molecule has 5 heteroatoms. The number of hydrogen-bond donors (Lipinski definition) is 2. The molecule has 0 bridgehead atoms. The van der Waals surface area contributed by atoms with Crippen LogP contribution >= 0.6 is 15.9 Å². The molecule has 5 rings (SSSR count). The van der Waals surface area contributed by atoms with Crippen molar-refractivity contribution in [1.82, 2.24) is 9.97 Å². The molecule has 0 atom stereocenters. The Bertz CT molecular complexity index is 1170. The fraction of sp³-hybridized carbons (Fsp3) is 0.0476. The number of nitrogens with one attached hydrogen (secondary N) is 1. The smallest absolute Gasteiger partial charge is 0.0758 e. The summed E-state index contributed by atoms with van der Waals surface area (Å²) in [5.74, 6) is 0. The molecule has 0 fully saturated rings. The van der Waals surface area contributed by atoms with Crippen LogP contribution in [0.4, 0.5) is 11.4 Å². The fourth-order valence-corrected chi connectivity index (χ4v) is 4.08. The first-order valence-corrected chi connectivity index (χ1v) is 9.16. The zero-order valence-electron chi connectivity index (χ0n) is 13.8. The number of fused-ring (bicyclic) bond motifs is 5. The molecule has 4 nitrogen and oxygen atoms in total. The molecule has 3 heterocycles. The highest BCUT2D eigenvalue weighted by Gasteiger charge is 2.22. The highest BCUT2D eigenvalue weighted by atomic mass is 79.9. The van der Waals surface area contributed by atoms with Crippen molar-refractivity contribution in [3.63, 3.8) is 0 Å². The number of nitrogens with two attached hydrogens (primary N) is 1. The van der Waals surface area contributed by atoms with Crippen LogP contribution in [-0.2, 0) is 6.54 Å². The van der Waals surface area contributed by atoms with Crippen molar-refractivity contribution in [1.29, 1.82) is 0 Å². The first kappa shape index (κ1) is 15.3. The minimum Gasteiger partial charge on any atom is -0.398 e. The van der Waals surface area contributed by atoms with Crippen LogP contribution in [0.2, 0.25) is 0 Å². The number of anilines is 2. The van der Waals surface area contributed by atoms with Gasteiger partial charge in [-0.25, -0.2) is 0 Å². The maximum Gasteiger partial charge on any atom is 0.0758 e. The second-order valence-electron chi connectivity index (χ2n) is 6.36. The lowest BCUT2D eigenvalue weighted by Crippen LogP contribution is -2.12. The van der Waals surface area contributed by atoms with Crippen molar-refractivity contribution in [2.75, 3.05) is 11.1 Å². The van der Waals surface area contributed by atoms with Crippen molar-refractivity contribution in [2.45, 2.75) is 6.54 Å². The van der Waals surface area contributed by atoms with E-state index >= 15 is 0 Å². The number of halogens is 1. The SMILES string of the molecule is Nc1cc2c(c3cnccc13)NCc1c-2ccnc1-c1cccc(Br)c1. The third-order valence-electron chi connectivity index (χ3n) is 4.86. The van der Waals surface area contributed by atoms with Gasteiger partial charge in [0.1, 0.15) is 0 Å². The molecule has 26 heavy (non-hydrogen) atoms. The third-order valence-corrected chi connectivity index (χ3v) is 5.35. The van der Waals surface area contributed by atoms with Crippen LogP contribution in [0.3, 0.4) is 0 Å². The third kappa shape index (κ3) is 2.28. The van der Waals surface area contributed by atoms with Crippen LogP contribution in [0.25, 0.3) is 33.2 Å².